The van der Waals surface area contributed by atoms with Crippen LogP contribution in [0.15, 0.2) is 35.4 Å². The number of hydrogen-bond donors (Lipinski definition) is 1. The number of nitrogen functional groups attached to an aromatic ring is 1. The van der Waals surface area contributed by atoms with Gasteiger partial charge >= 0.3 is 0 Å². The van der Waals surface area contributed by atoms with Crippen molar-refractivity contribution in [3.05, 3.63) is 41.5 Å². The molecule has 0 atom stereocenters. The molecule has 0 bridgehead atoms. The molecule has 18 heavy (non-hydrogen) atoms. The highest BCUT2D eigenvalue weighted by atomic mass is 32.1. The maximum Gasteiger partial charge on any atom is 0.140 e. The van der Waals surface area contributed by atoms with E-state index in [1.807, 2.05) is 30.3 Å². The molecule has 2 N–H and O–H groups in total. The number of nitrogens with zero attached hydrogens (tertiary/aromatic N) is 3. The average Bonchev–Trinajstić information content (AvgIpc) is 2.39. The number of hydrogen-bond acceptors (Lipinski definition) is 5. The number of rotatable bonds is 1. The second-order valence-electron chi connectivity index (χ2n) is 3.52. The van der Waals surface area contributed by atoms with Gasteiger partial charge in [-0.3, -0.25) is 4.98 Å². The fourth-order valence-electron chi connectivity index (χ4n) is 1.69. The zero-order valence-corrected chi connectivity index (χ0v) is 10.0. The first-order valence-electron chi connectivity index (χ1n) is 5.05. The Morgan fingerprint density at radius 2 is 1.67 bits per heavy atom. The Hall–Kier alpha value is -2.63. The minimum atomic E-state index is 0.0559. The van der Waals surface area contributed by atoms with Gasteiger partial charge < -0.3 is 18.4 Å². The molecule has 0 aliphatic rings. The van der Waals surface area contributed by atoms with Crippen LogP contribution in [0.1, 0.15) is 11.1 Å². The second-order valence-corrected chi connectivity index (χ2v) is 3.90. The number of benzene rings is 1. The monoisotopic (exact) mass is 251 g/mol. The standard InChI is InChI=1S/C13H8N4S/c14-6-9-11(8-4-2-1-3-5-8)10(7-15)13(18)17-12(9)16/h1-5H,(H3,16,17,18)/p-1. The first kappa shape index (κ1) is 11.8. The van der Waals surface area contributed by atoms with E-state index >= 15 is 0 Å². The molecular weight excluding hydrogens is 244 g/mol. The van der Waals surface area contributed by atoms with Crippen molar-refractivity contribution < 1.29 is 0 Å². The van der Waals surface area contributed by atoms with Crippen LogP contribution >= 0.6 is 0 Å². The molecule has 86 valence electrons. The molecule has 0 spiro atoms. The van der Waals surface area contributed by atoms with Crippen LogP contribution in [-0.2, 0) is 12.6 Å². The predicted octanol–water partition coefficient (Wildman–Crippen LogP) is 1.98. The summed E-state index contributed by atoms with van der Waals surface area (Å²) in [4.78, 5) is 3.85. The fourth-order valence-corrected chi connectivity index (χ4v) is 1.94. The number of anilines is 1. The molecule has 0 saturated carbocycles. The molecule has 2 aromatic rings. The molecule has 1 aromatic heterocycles. The van der Waals surface area contributed by atoms with E-state index in [1.54, 1.807) is 12.1 Å². The van der Waals surface area contributed by atoms with Gasteiger partial charge in [-0.25, -0.2) is 0 Å². The van der Waals surface area contributed by atoms with Crippen molar-refractivity contribution in [2.75, 3.05) is 5.73 Å². The second kappa shape index (κ2) is 4.70. The van der Waals surface area contributed by atoms with E-state index in [9.17, 15) is 0 Å². The topological polar surface area (TPSA) is 86.5 Å². The molecular formula is C13H7N4S-. The van der Waals surface area contributed by atoms with Gasteiger partial charge in [0.15, 0.2) is 0 Å². The summed E-state index contributed by atoms with van der Waals surface area (Å²) >= 11 is 5.01. The highest BCUT2D eigenvalue weighted by molar-refractivity contribution is 7.58. The summed E-state index contributed by atoms with van der Waals surface area (Å²) in [7, 11) is 0. The van der Waals surface area contributed by atoms with Crippen LogP contribution in [0.4, 0.5) is 5.82 Å². The SMILES string of the molecule is N#Cc1c(N)nc([S-])c(C#N)c1-c1ccccc1. The average molecular weight is 251 g/mol. The maximum absolute atomic E-state index is 9.16. The van der Waals surface area contributed by atoms with Gasteiger partial charge in [0.1, 0.15) is 17.5 Å². The van der Waals surface area contributed by atoms with Gasteiger partial charge in [0.05, 0.1) is 11.6 Å². The Kier molecular flexibility index (Phi) is 3.09. The molecule has 2 rings (SSSR count). The fraction of sp³-hybridized carbons (Fsp3) is 0. The van der Waals surface area contributed by atoms with Gasteiger partial charge in [0, 0.05) is 5.56 Å². The molecule has 1 aromatic carbocycles. The zero-order chi connectivity index (χ0) is 13.1. The summed E-state index contributed by atoms with van der Waals surface area (Å²) in [6.45, 7) is 0. The third-order valence-corrected chi connectivity index (χ3v) is 2.77. The van der Waals surface area contributed by atoms with Gasteiger partial charge in [0.25, 0.3) is 0 Å². The lowest BCUT2D eigenvalue weighted by atomic mass is 9.97. The molecule has 0 aliphatic heterocycles. The minimum absolute atomic E-state index is 0.0559. The Balaban J connectivity index is 2.89. The Labute approximate surface area is 110 Å². The van der Waals surface area contributed by atoms with Crippen molar-refractivity contribution in [1.82, 2.24) is 4.98 Å². The van der Waals surface area contributed by atoms with Gasteiger partial charge in [0.2, 0.25) is 0 Å². The van der Waals surface area contributed by atoms with Crippen LogP contribution in [0.3, 0.4) is 0 Å². The lowest BCUT2D eigenvalue weighted by molar-refractivity contribution is 1.12. The van der Waals surface area contributed by atoms with Crippen molar-refractivity contribution in [2.45, 2.75) is 5.03 Å². The van der Waals surface area contributed by atoms with Crippen molar-refractivity contribution in [2.24, 2.45) is 0 Å². The lowest BCUT2D eigenvalue weighted by Gasteiger charge is -2.15. The van der Waals surface area contributed by atoms with Gasteiger partial charge in [-0.15, -0.1) is 0 Å². The first-order valence-corrected chi connectivity index (χ1v) is 5.46. The molecule has 0 radical (unpaired) electrons. The molecule has 5 heteroatoms. The van der Waals surface area contributed by atoms with Crippen molar-refractivity contribution in [1.29, 1.82) is 10.5 Å². The summed E-state index contributed by atoms with van der Waals surface area (Å²) in [5, 5.41) is 18.4. The summed E-state index contributed by atoms with van der Waals surface area (Å²) in [6, 6.07) is 13.0. The Morgan fingerprint density at radius 1 is 1.06 bits per heavy atom. The minimum Gasteiger partial charge on any atom is -0.759 e. The van der Waals surface area contributed by atoms with E-state index in [2.05, 4.69) is 4.98 Å². The molecule has 0 aliphatic carbocycles. The molecule has 0 unspecified atom stereocenters. The highest BCUT2D eigenvalue weighted by Crippen LogP contribution is 2.31. The van der Waals surface area contributed by atoms with Crippen molar-refractivity contribution in [3.8, 4) is 23.3 Å². The smallest absolute Gasteiger partial charge is 0.140 e. The summed E-state index contributed by atoms with van der Waals surface area (Å²) in [5.41, 5.74) is 7.26. The first-order chi connectivity index (χ1) is 8.69. The molecule has 0 saturated heterocycles. The summed E-state index contributed by atoms with van der Waals surface area (Å²) in [6.07, 6.45) is 0. The zero-order valence-electron chi connectivity index (χ0n) is 9.21. The van der Waals surface area contributed by atoms with E-state index in [-0.39, 0.29) is 22.0 Å². The van der Waals surface area contributed by atoms with Gasteiger partial charge in [-0.2, -0.15) is 10.5 Å². The van der Waals surface area contributed by atoms with Crippen molar-refractivity contribution in [3.63, 3.8) is 0 Å². The van der Waals surface area contributed by atoms with Crippen LogP contribution in [-0.4, -0.2) is 4.98 Å². The van der Waals surface area contributed by atoms with Crippen molar-refractivity contribution >= 4 is 18.4 Å². The molecule has 1 heterocycles. The van der Waals surface area contributed by atoms with E-state index in [1.165, 1.54) is 0 Å². The van der Waals surface area contributed by atoms with Crippen LogP contribution in [0.25, 0.3) is 11.1 Å². The van der Waals surface area contributed by atoms with Crippen LogP contribution in [0, 0.1) is 22.7 Å². The number of aromatic nitrogens is 1. The Morgan fingerprint density at radius 3 is 2.22 bits per heavy atom. The molecule has 0 fully saturated rings. The number of nitriles is 2. The largest absolute Gasteiger partial charge is 0.759 e. The normalized spacial score (nSPS) is 9.44. The van der Waals surface area contributed by atoms with E-state index in [0.29, 0.717) is 5.56 Å². The quantitative estimate of drug-likeness (QED) is 0.783. The predicted molar refractivity (Wildman–Crippen MR) is 69.1 cm³/mol. The molecule has 0 amide bonds. The highest BCUT2D eigenvalue weighted by Gasteiger charge is 2.15. The number of pyridine rings is 1. The summed E-state index contributed by atoms with van der Waals surface area (Å²) < 4.78 is 0. The lowest BCUT2D eigenvalue weighted by Crippen LogP contribution is -2.03. The third-order valence-electron chi connectivity index (χ3n) is 2.48. The Bertz CT molecular complexity index is 643. The maximum atomic E-state index is 9.16. The van der Waals surface area contributed by atoms with E-state index < -0.39 is 0 Å². The van der Waals surface area contributed by atoms with Crippen LogP contribution < -0.4 is 5.73 Å². The van der Waals surface area contributed by atoms with Crippen LogP contribution in [0.5, 0.6) is 0 Å². The van der Waals surface area contributed by atoms with Gasteiger partial charge in [-0.05, 0) is 5.56 Å². The number of nitrogens with two attached hydrogens (primary N) is 1. The van der Waals surface area contributed by atoms with E-state index in [0.717, 1.165) is 5.56 Å². The van der Waals surface area contributed by atoms with E-state index in [4.69, 9.17) is 28.9 Å². The molecule has 4 nitrogen and oxygen atoms in total. The van der Waals surface area contributed by atoms with Gasteiger partial charge in [-0.1, -0.05) is 35.4 Å². The summed E-state index contributed by atoms with van der Waals surface area (Å²) in [5.74, 6) is 0.0559. The van der Waals surface area contributed by atoms with Crippen LogP contribution in [0.2, 0.25) is 0 Å². The third kappa shape index (κ3) is 1.84.